The molecule has 0 radical (unpaired) electrons. The third kappa shape index (κ3) is 2.94. The maximum atomic E-state index is 12.3. The second-order valence-electron chi connectivity index (χ2n) is 6.40. The number of ether oxygens (including phenoxy) is 1. The van der Waals surface area contributed by atoms with E-state index in [2.05, 4.69) is 24.4 Å². The van der Waals surface area contributed by atoms with Crippen LogP contribution in [0.25, 0.3) is 10.2 Å². The molecule has 4 rings (SSSR count). The molecule has 0 N–H and O–H groups in total. The van der Waals surface area contributed by atoms with Crippen LogP contribution in [0.2, 0.25) is 0 Å². The van der Waals surface area contributed by atoms with Crippen LogP contribution in [0.1, 0.15) is 35.0 Å². The number of aromatic nitrogens is 4. The Morgan fingerprint density at radius 3 is 3.08 bits per heavy atom. The summed E-state index contributed by atoms with van der Waals surface area (Å²) >= 11 is 1.38. The number of imidazole rings is 1. The van der Waals surface area contributed by atoms with Gasteiger partial charge in [0.05, 0.1) is 18.3 Å². The van der Waals surface area contributed by atoms with Crippen molar-refractivity contribution in [3.05, 3.63) is 35.5 Å². The first kappa shape index (κ1) is 17.0. The quantitative estimate of drug-likeness (QED) is 0.642. The maximum Gasteiger partial charge on any atom is 0.348 e. The van der Waals surface area contributed by atoms with Gasteiger partial charge in [-0.1, -0.05) is 0 Å². The van der Waals surface area contributed by atoms with Crippen LogP contribution in [0.4, 0.5) is 5.82 Å². The molecule has 1 aliphatic heterocycles. The van der Waals surface area contributed by atoms with E-state index in [1.165, 1.54) is 11.3 Å². The normalized spacial score (nSPS) is 17.2. The van der Waals surface area contributed by atoms with Crippen LogP contribution >= 0.6 is 11.3 Å². The lowest BCUT2D eigenvalue weighted by molar-refractivity contribution is 0.0531. The first-order chi connectivity index (χ1) is 12.7. The van der Waals surface area contributed by atoms with Crippen molar-refractivity contribution in [1.82, 2.24) is 19.5 Å². The molecule has 1 unspecified atom stereocenters. The molecular weight excluding hydrogens is 350 g/mol. The Bertz CT molecular complexity index is 921. The van der Waals surface area contributed by atoms with Crippen LogP contribution in [0, 0.1) is 6.92 Å². The number of carbonyl (C=O) groups is 1. The van der Waals surface area contributed by atoms with E-state index in [0.29, 0.717) is 17.5 Å². The average molecular weight is 371 g/mol. The van der Waals surface area contributed by atoms with Crippen molar-refractivity contribution in [2.45, 2.75) is 39.3 Å². The number of thiophene rings is 1. The van der Waals surface area contributed by atoms with Gasteiger partial charge in [0.25, 0.3) is 0 Å². The van der Waals surface area contributed by atoms with Crippen molar-refractivity contribution in [2.75, 3.05) is 18.1 Å². The number of carbonyl (C=O) groups excluding carboxylic acids is 1. The summed E-state index contributed by atoms with van der Waals surface area (Å²) in [6.07, 6.45) is 9.46. The van der Waals surface area contributed by atoms with Crippen LogP contribution in [0.5, 0.6) is 0 Å². The lowest BCUT2D eigenvalue weighted by Gasteiger charge is -2.26. The van der Waals surface area contributed by atoms with Crippen molar-refractivity contribution < 1.29 is 9.53 Å². The van der Waals surface area contributed by atoms with E-state index in [1.807, 2.05) is 26.4 Å². The highest BCUT2D eigenvalue weighted by Gasteiger charge is 2.29. The lowest BCUT2D eigenvalue weighted by Crippen LogP contribution is -2.33. The van der Waals surface area contributed by atoms with Gasteiger partial charge in [0.1, 0.15) is 21.9 Å². The van der Waals surface area contributed by atoms with Gasteiger partial charge in [0, 0.05) is 31.5 Å². The predicted octanol–water partition coefficient (Wildman–Crippen LogP) is 3.04. The standard InChI is InChI=1S/C18H21N5O2S/c1-3-25-18(24)15-12(2)14-16(20-10-21-17(14)26-15)23-7-4-5-13(23)9-22-8-6-19-11-22/h6,8,10-11,13H,3-5,7,9H2,1-2H3. The maximum absolute atomic E-state index is 12.3. The monoisotopic (exact) mass is 371 g/mol. The smallest absolute Gasteiger partial charge is 0.348 e. The molecular formula is C18H21N5O2S. The first-order valence-corrected chi connectivity index (χ1v) is 9.64. The summed E-state index contributed by atoms with van der Waals surface area (Å²) in [6.45, 7) is 5.97. The summed E-state index contributed by atoms with van der Waals surface area (Å²) in [5, 5.41) is 0.970. The highest BCUT2D eigenvalue weighted by Crippen LogP contribution is 2.37. The van der Waals surface area contributed by atoms with E-state index in [0.717, 1.165) is 47.5 Å². The van der Waals surface area contributed by atoms with Crippen molar-refractivity contribution in [3.8, 4) is 0 Å². The van der Waals surface area contributed by atoms with Gasteiger partial charge < -0.3 is 14.2 Å². The van der Waals surface area contributed by atoms with E-state index in [9.17, 15) is 4.79 Å². The molecule has 1 fully saturated rings. The number of fused-ring (bicyclic) bond motifs is 1. The fourth-order valence-electron chi connectivity index (χ4n) is 3.60. The third-order valence-electron chi connectivity index (χ3n) is 4.80. The number of esters is 1. The molecule has 0 bridgehead atoms. The molecule has 136 valence electrons. The van der Waals surface area contributed by atoms with Gasteiger partial charge in [-0.05, 0) is 32.3 Å². The molecule has 1 atom stereocenters. The summed E-state index contributed by atoms with van der Waals surface area (Å²) in [6, 6.07) is 0.354. The molecule has 1 saturated heterocycles. The van der Waals surface area contributed by atoms with Gasteiger partial charge in [0.2, 0.25) is 0 Å². The number of rotatable bonds is 5. The van der Waals surface area contributed by atoms with Gasteiger partial charge in [-0.15, -0.1) is 11.3 Å². The van der Waals surface area contributed by atoms with Gasteiger partial charge in [0.15, 0.2) is 0 Å². The fraction of sp³-hybridized carbons (Fsp3) is 0.444. The Balaban J connectivity index is 1.72. The van der Waals surface area contributed by atoms with Gasteiger partial charge in [-0.25, -0.2) is 19.7 Å². The second kappa shape index (κ2) is 7.03. The first-order valence-electron chi connectivity index (χ1n) is 8.82. The molecule has 3 aromatic rings. The summed E-state index contributed by atoms with van der Waals surface area (Å²) in [4.78, 5) is 29.2. The predicted molar refractivity (Wildman–Crippen MR) is 101 cm³/mol. The van der Waals surface area contributed by atoms with Crippen LogP contribution in [0.15, 0.2) is 25.0 Å². The van der Waals surface area contributed by atoms with E-state index in [-0.39, 0.29) is 5.97 Å². The summed E-state index contributed by atoms with van der Waals surface area (Å²) < 4.78 is 7.30. The molecule has 0 aliphatic carbocycles. The highest BCUT2D eigenvalue weighted by molar-refractivity contribution is 7.20. The number of hydrogen-bond acceptors (Lipinski definition) is 7. The minimum Gasteiger partial charge on any atom is -0.462 e. The molecule has 26 heavy (non-hydrogen) atoms. The molecule has 0 aromatic carbocycles. The fourth-order valence-corrected chi connectivity index (χ4v) is 4.64. The highest BCUT2D eigenvalue weighted by atomic mass is 32.1. The second-order valence-corrected chi connectivity index (χ2v) is 7.40. The van der Waals surface area contributed by atoms with Crippen LogP contribution in [-0.4, -0.2) is 44.7 Å². The van der Waals surface area contributed by atoms with Crippen molar-refractivity contribution in [3.63, 3.8) is 0 Å². The summed E-state index contributed by atoms with van der Waals surface area (Å²) in [5.41, 5.74) is 0.910. The SMILES string of the molecule is CCOC(=O)c1sc2ncnc(N3CCCC3Cn3ccnc3)c2c1C. The largest absolute Gasteiger partial charge is 0.462 e. The zero-order valence-electron chi connectivity index (χ0n) is 14.9. The van der Waals surface area contributed by atoms with Gasteiger partial charge in [-0.3, -0.25) is 0 Å². The Kier molecular flexibility index (Phi) is 4.58. The molecule has 0 spiro atoms. The van der Waals surface area contributed by atoms with Crippen molar-refractivity contribution in [1.29, 1.82) is 0 Å². The number of hydrogen-bond donors (Lipinski definition) is 0. The van der Waals surface area contributed by atoms with E-state index >= 15 is 0 Å². The van der Waals surface area contributed by atoms with Crippen molar-refractivity contribution in [2.24, 2.45) is 0 Å². The van der Waals surface area contributed by atoms with Gasteiger partial charge >= 0.3 is 5.97 Å². The molecule has 0 amide bonds. The minimum absolute atomic E-state index is 0.282. The minimum atomic E-state index is -0.282. The number of anilines is 1. The summed E-state index contributed by atoms with van der Waals surface area (Å²) in [5.74, 6) is 0.636. The van der Waals surface area contributed by atoms with E-state index in [4.69, 9.17) is 4.74 Å². The third-order valence-corrected chi connectivity index (χ3v) is 5.98. The Morgan fingerprint density at radius 2 is 2.31 bits per heavy atom. The zero-order chi connectivity index (χ0) is 18.1. The van der Waals surface area contributed by atoms with E-state index < -0.39 is 0 Å². The topological polar surface area (TPSA) is 73.1 Å². The average Bonchev–Trinajstić information content (AvgIpc) is 3.36. The van der Waals surface area contributed by atoms with E-state index in [1.54, 1.807) is 12.5 Å². The Labute approximate surface area is 155 Å². The van der Waals surface area contributed by atoms with Crippen LogP contribution in [0.3, 0.4) is 0 Å². The molecule has 3 aromatic heterocycles. The van der Waals surface area contributed by atoms with Crippen LogP contribution < -0.4 is 4.90 Å². The Hall–Kier alpha value is -2.48. The lowest BCUT2D eigenvalue weighted by atomic mass is 10.1. The molecule has 0 saturated carbocycles. The van der Waals surface area contributed by atoms with Crippen molar-refractivity contribution >= 4 is 33.3 Å². The zero-order valence-corrected chi connectivity index (χ0v) is 15.7. The van der Waals surface area contributed by atoms with Crippen LogP contribution in [-0.2, 0) is 11.3 Å². The molecule has 8 heteroatoms. The molecule has 4 heterocycles. The summed E-state index contributed by atoms with van der Waals surface area (Å²) in [7, 11) is 0. The Morgan fingerprint density at radius 1 is 1.42 bits per heavy atom. The number of aryl methyl sites for hydroxylation is 1. The van der Waals surface area contributed by atoms with Gasteiger partial charge in [-0.2, -0.15) is 0 Å². The number of nitrogens with zero attached hydrogens (tertiary/aromatic N) is 5. The molecule has 7 nitrogen and oxygen atoms in total. The molecule has 1 aliphatic rings.